The number of benzene rings is 1. The maximum atomic E-state index is 13.5. The summed E-state index contributed by atoms with van der Waals surface area (Å²) in [6, 6.07) is 6.16. The van der Waals surface area contributed by atoms with Gasteiger partial charge >= 0.3 is 0 Å². The Morgan fingerprint density at radius 1 is 1.27 bits per heavy atom. The van der Waals surface area contributed by atoms with Crippen LogP contribution in [0.1, 0.15) is 49.1 Å². The summed E-state index contributed by atoms with van der Waals surface area (Å²) in [5.74, 6) is 0.448. The van der Waals surface area contributed by atoms with Crippen LogP contribution in [0.25, 0.3) is 5.69 Å². The molecule has 1 saturated heterocycles. The molecule has 1 aromatic carbocycles. The van der Waals surface area contributed by atoms with Crippen molar-refractivity contribution in [3.8, 4) is 5.69 Å². The fraction of sp³-hybridized carbons (Fsp3) is 0.438. The Kier molecular flexibility index (Phi) is 3.92. The minimum absolute atomic E-state index is 0.0795. The van der Waals surface area contributed by atoms with Crippen LogP contribution in [0, 0.1) is 5.82 Å². The van der Waals surface area contributed by atoms with E-state index in [1.807, 2.05) is 13.8 Å². The number of amides is 1. The molecule has 1 aliphatic rings. The zero-order valence-corrected chi connectivity index (χ0v) is 12.8. The molecule has 1 amide bonds. The van der Waals surface area contributed by atoms with Gasteiger partial charge in [-0.25, -0.2) is 14.1 Å². The van der Waals surface area contributed by atoms with Crippen molar-refractivity contribution in [3.05, 3.63) is 41.7 Å². The van der Waals surface area contributed by atoms with E-state index in [1.54, 1.807) is 21.7 Å². The highest BCUT2D eigenvalue weighted by atomic mass is 19.1. The minimum atomic E-state index is -0.338. The van der Waals surface area contributed by atoms with Crippen molar-refractivity contribution in [2.75, 3.05) is 13.1 Å². The first kappa shape index (κ1) is 14.7. The van der Waals surface area contributed by atoms with E-state index in [-0.39, 0.29) is 23.5 Å². The number of rotatable bonds is 3. The SMILES string of the molecule is CC(C)c1nc(C(=O)N2CCCC2)nn1-c1cccc(F)c1. The summed E-state index contributed by atoms with van der Waals surface area (Å²) in [5.41, 5.74) is 0.580. The van der Waals surface area contributed by atoms with E-state index in [4.69, 9.17) is 0 Å². The molecule has 1 aromatic heterocycles. The maximum absolute atomic E-state index is 13.5. The van der Waals surface area contributed by atoms with Gasteiger partial charge in [-0.1, -0.05) is 19.9 Å². The van der Waals surface area contributed by atoms with Crippen molar-refractivity contribution in [1.29, 1.82) is 0 Å². The van der Waals surface area contributed by atoms with Crippen molar-refractivity contribution in [3.63, 3.8) is 0 Å². The summed E-state index contributed by atoms with van der Waals surface area (Å²) < 4.78 is 15.0. The van der Waals surface area contributed by atoms with E-state index in [1.165, 1.54) is 12.1 Å². The second kappa shape index (κ2) is 5.87. The normalized spacial score (nSPS) is 14.8. The average molecular weight is 302 g/mol. The summed E-state index contributed by atoms with van der Waals surface area (Å²) in [7, 11) is 0. The van der Waals surface area contributed by atoms with Crippen molar-refractivity contribution < 1.29 is 9.18 Å². The highest BCUT2D eigenvalue weighted by Crippen LogP contribution is 2.19. The van der Waals surface area contributed by atoms with Gasteiger partial charge in [-0.05, 0) is 31.0 Å². The maximum Gasteiger partial charge on any atom is 0.293 e. The molecular formula is C16H19FN4O. The monoisotopic (exact) mass is 302 g/mol. The molecule has 2 aromatic rings. The first-order chi connectivity index (χ1) is 10.6. The van der Waals surface area contributed by atoms with Gasteiger partial charge in [0.25, 0.3) is 5.91 Å². The average Bonchev–Trinajstić information content (AvgIpc) is 3.16. The van der Waals surface area contributed by atoms with Crippen LogP contribution >= 0.6 is 0 Å². The van der Waals surface area contributed by atoms with Crippen LogP contribution in [-0.2, 0) is 0 Å². The van der Waals surface area contributed by atoms with Crippen LogP contribution in [0.15, 0.2) is 24.3 Å². The number of hydrogen-bond acceptors (Lipinski definition) is 3. The third kappa shape index (κ3) is 2.73. The molecule has 1 fully saturated rings. The largest absolute Gasteiger partial charge is 0.336 e. The van der Waals surface area contributed by atoms with Crippen LogP contribution < -0.4 is 0 Å². The van der Waals surface area contributed by atoms with Crippen molar-refractivity contribution >= 4 is 5.91 Å². The number of aromatic nitrogens is 3. The van der Waals surface area contributed by atoms with Gasteiger partial charge in [0.05, 0.1) is 5.69 Å². The minimum Gasteiger partial charge on any atom is -0.336 e. The van der Waals surface area contributed by atoms with Crippen molar-refractivity contribution in [1.82, 2.24) is 19.7 Å². The zero-order chi connectivity index (χ0) is 15.7. The zero-order valence-electron chi connectivity index (χ0n) is 12.8. The molecule has 0 atom stereocenters. The highest BCUT2D eigenvalue weighted by molar-refractivity contribution is 5.90. The van der Waals surface area contributed by atoms with Gasteiger partial charge in [-0.15, -0.1) is 5.10 Å². The molecule has 0 spiro atoms. The molecule has 116 valence electrons. The number of carbonyl (C=O) groups excluding carboxylic acids is 1. The highest BCUT2D eigenvalue weighted by Gasteiger charge is 2.25. The molecule has 0 radical (unpaired) electrons. The van der Waals surface area contributed by atoms with E-state index in [2.05, 4.69) is 10.1 Å². The summed E-state index contributed by atoms with van der Waals surface area (Å²) in [4.78, 5) is 18.6. The number of carbonyl (C=O) groups is 1. The van der Waals surface area contributed by atoms with Gasteiger partial charge in [0.1, 0.15) is 11.6 Å². The van der Waals surface area contributed by atoms with E-state index in [9.17, 15) is 9.18 Å². The predicted molar refractivity (Wildman–Crippen MR) is 80.5 cm³/mol. The molecule has 0 saturated carbocycles. The Bertz CT molecular complexity index is 689. The molecular weight excluding hydrogens is 283 g/mol. The Morgan fingerprint density at radius 3 is 2.64 bits per heavy atom. The van der Waals surface area contributed by atoms with Crippen LogP contribution in [0.4, 0.5) is 4.39 Å². The van der Waals surface area contributed by atoms with Gasteiger partial charge < -0.3 is 4.90 Å². The summed E-state index contributed by atoms with van der Waals surface area (Å²) in [5, 5.41) is 4.34. The molecule has 6 heteroatoms. The standard InChI is InChI=1S/C16H19FN4O/c1-11(2)15-18-14(16(22)20-8-3-4-9-20)19-21(15)13-7-5-6-12(17)10-13/h5-7,10-11H,3-4,8-9H2,1-2H3. The van der Waals surface area contributed by atoms with Gasteiger partial charge in [-0.2, -0.15) is 0 Å². The first-order valence-electron chi connectivity index (χ1n) is 7.58. The summed E-state index contributed by atoms with van der Waals surface area (Å²) in [6.45, 7) is 5.46. The second-order valence-corrected chi connectivity index (χ2v) is 5.84. The Hall–Kier alpha value is -2.24. The van der Waals surface area contributed by atoms with Crippen LogP contribution in [0.2, 0.25) is 0 Å². The van der Waals surface area contributed by atoms with Gasteiger partial charge in [0, 0.05) is 19.0 Å². The van der Waals surface area contributed by atoms with Crippen molar-refractivity contribution in [2.24, 2.45) is 0 Å². The molecule has 0 aliphatic carbocycles. The van der Waals surface area contributed by atoms with Crippen LogP contribution in [0.5, 0.6) is 0 Å². The number of halogens is 1. The molecule has 5 nitrogen and oxygen atoms in total. The molecule has 22 heavy (non-hydrogen) atoms. The molecule has 0 N–H and O–H groups in total. The van der Waals surface area contributed by atoms with Crippen LogP contribution in [-0.4, -0.2) is 38.7 Å². The smallest absolute Gasteiger partial charge is 0.293 e. The predicted octanol–water partition coefficient (Wildman–Crippen LogP) is 2.77. The quantitative estimate of drug-likeness (QED) is 0.876. The van der Waals surface area contributed by atoms with Crippen LogP contribution in [0.3, 0.4) is 0 Å². The van der Waals surface area contributed by atoms with Gasteiger partial charge in [-0.3, -0.25) is 4.79 Å². The number of nitrogens with zero attached hydrogens (tertiary/aromatic N) is 4. The molecule has 3 rings (SSSR count). The van der Waals surface area contributed by atoms with E-state index >= 15 is 0 Å². The fourth-order valence-electron chi connectivity index (χ4n) is 2.65. The molecule has 2 heterocycles. The molecule has 1 aliphatic heterocycles. The first-order valence-corrected chi connectivity index (χ1v) is 7.58. The number of hydrogen-bond donors (Lipinski definition) is 0. The van der Waals surface area contributed by atoms with Gasteiger partial charge in [0.2, 0.25) is 5.82 Å². The second-order valence-electron chi connectivity index (χ2n) is 5.84. The Morgan fingerprint density at radius 2 is 2.00 bits per heavy atom. The van der Waals surface area contributed by atoms with E-state index in [0.29, 0.717) is 11.5 Å². The van der Waals surface area contributed by atoms with Gasteiger partial charge in [0.15, 0.2) is 0 Å². The Labute approximate surface area is 128 Å². The third-order valence-electron chi connectivity index (χ3n) is 3.79. The molecule has 0 unspecified atom stereocenters. The summed E-state index contributed by atoms with van der Waals surface area (Å²) >= 11 is 0. The lowest BCUT2D eigenvalue weighted by Crippen LogP contribution is -2.28. The van der Waals surface area contributed by atoms with Crippen molar-refractivity contribution in [2.45, 2.75) is 32.6 Å². The fourth-order valence-corrected chi connectivity index (χ4v) is 2.65. The van der Waals surface area contributed by atoms with E-state index in [0.717, 1.165) is 25.9 Å². The molecule has 0 bridgehead atoms. The summed E-state index contributed by atoms with van der Waals surface area (Å²) in [6.07, 6.45) is 2.04. The third-order valence-corrected chi connectivity index (χ3v) is 3.79. The number of likely N-dealkylation sites (tertiary alicyclic amines) is 1. The van der Waals surface area contributed by atoms with E-state index < -0.39 is 0 Å². The topological polar surface area (TPSA) is 51.0 Å². The lowest BCUT2D eigenvalue weighted by Gasteiger charge is -2.11. The Balaban J connectivity index is 2.00. The lowest BCUT2D eigenvalue weighted by molar-refractivity contribution is 0.0781. The lowest BCUT2D eigenvalue weighted by atomic mass is 10.2.